The average molecular weight is 346 g/mol. The second kappa shape index (κ2) is 6.91. The highest BCUT2D eigenvalue weighted by molar-refractivity contribution is 6.62. The molecule has 1 aromatic carbocycles. The van der Waals surface area contributed by atoms with Gasteiger partial charge in [0.05, 0.1) is 11.2 Å². The number of hydrogen-bond donors (Lipinski definition) is 1. The van der Waals surface area contributed by atoms with Gasteiger partial charge in [-0.3, -0.25) is 4.90 Å². The second-order valence-electron chi connectivity index (χ2n) is 8.41. The predicted molar refractivity (Wildman–Crippen MR) is 101 cm³/mol. The molecule has 0 aromatic heterocycles. The number of rotatable bonds is 3. The fraction of sp³-hybridized carbons (Fsp3) is 0.684. The van der Waals surface area contributed by atoms with Gasteiger partial charge in [0.2, 0.25) is 0 Å². The molecule has 0 amide bonds. The summed E-state index contributed by atoms with van der Waals surface area (Å²) in [5, 5.41) is 10.3. The first-order valence-corrected chi connectivity index (χ1v) is 9.26. The van der Waals surface area contributed by atoms with Crippen molar-refractivity contribution in [2.45, 2.75) is 51.9 Å². The summed E-state index contributed by atoms with van der Waals surface area (Å²) in [5.41, 5.74) is 1.20. The zero-order chi connectivity index (χ0) is 18.2. The molecule has 5 nitrogen and oxygen atoms in total. The molecule has 2 aliphatic rings. The van der Waals surface area contributed by atoms with E-state index in [-0.39, 0.29) is 18.3 Å². The van der Waals surface area contributed by atoms with E-state index in [1.165, 1.54) is 0 Å². The van der Waals surface area contributed by atoms with Crippen molar-refractivity contribution in [3.63, 3.8) is 0 Å². The van der Waals surface area contributed by atoms with Crippen LogP contribution in [0.5, 0.6) is 5.75 Å². The first-order valence-electron chi connectivity index (χ1n) is 9.26. The van der Waals surface area contributed by atoms with E-state index in [9.17, 15) is 5.11 Å². The van der Waals surface area contributed by atoms with Crippen molar-refractivity contribution in [2.75, 3.05) is 33.2 Å². The lowest BCUT2D eigenvalue weighted by Crippen LogP contribution is -2.41. The van der Waals surface area contributed by atoms with Gasteiger partial charge >= 0.3 is 7.12 Å². The predicted octanol–water partition coefficient (Wildman–Crippen LogP) is 1.83. The molecule has 1 aromatic rings. The van der Waals surface area contributed by atoms with Gasteiger partial charge in [-0.1, -0.05) is 12.1 Å². The van der Waals surface area contributed by atoms with Crippen LogP contribution in [0.1, 0.15) is 39.7 Å². The first-order chi connectivity index (χ1) is 11.7. The van der Waals surface area contributed by atoms with Crippen LogP contribution < -0.4 is 5.46 Å². The summed E-state index contributed by atoms with van der Waals surface area (Å²) in [7, 11) is 1.78. The molecular formula is C19H31BN2O3. The molecule has 0 saturated carbocycles. The van der Waals surface area contributed by atoms with E-state index in [0.29, 0.717) is 5.75 Å². The fourth-order valence-corrected chi connectivity index (χ4v) is 3.36. The Labute approximate surface area is 152 Å². The third kappa shape index (κ3) is 4.03. The van der Waals surface area contributed by atoms with E-state index in [1.807, 2.05) is 12.1 Å². The normalized spacial score (nSPS) is 24.4. The minimum atomic E-state index is -0.389. The van der Waals surface area contributed by atoms with Gasteiger partial charge in [0.25, 0.3) is 0 Å². The highest BCUT2D eigenvalue weighted by Gasteiger charge is 2.51. The number of phenolic OH excluding ortho intramolecular Hbond substituents is 1. The van der Waals surface area contributed by atoms with Crippen LogP contribution in [-0.4, -0.2) is 66.5 Å². The van der Waals surface area contributed by atoms with Crippen LogP contribution in [0.3, 0.4) is 0 Å². The number of nitrogens with zero attached hydrogens (tertiary/aromatic N) is 2. The van der Waals surface area contributed by atoms with Crippen molar-refractivity contribution in [3.05, 3.63) is 23.8 Å². The molecule has 0 atom stereocenters. The summed E-state index contributed by atoms with van der Waals surface area (Å²) in [6.45, 7) is 13.3. The van der Waals surface area contributed by atoms with Crippen LogP contribution >= 0.6 is 0 Å². The Kier molecular flexibility index (Phi) is 5.17. The Hall–Kier alpha value is -1.08. The third-order valence-corrected chi connectivity index (χ3v) is 5.84. The molecular weight excluding hydrogens is 315 g/mol. The lowest BCUT2D eigenvalue weighted by molar-refractivity contribution is 0.00578. The molecule has 2 fully saturated rings. The summed E-state index contributed by atoms with van der Waals surface area (Å²) >= 11 is 0. The lowest BCUT2D eigenvalue weighted by atomic mass is 9.78. The molecule has 25 heavy (non-hydrogen) atoms. The maximum absolute atomic E-state index is 10.3. The van der Waals surface area contributed by atoms with E-state index in [2.05, 4.69) is 44.5 Å². The number of benzene rings is 1. The van der Waals surface area contributed by atoms with Crippen LogP contribution in [0, 0.1) is 0 Å². The second-order valence-corrected chi connectivity index (χ2v) is 8.41. The molecule has 1 N–H and O–H groups in total. The van der Waals surface area contributed by atoms with Crippen molar-refractivity contribution in [1.29, 1.82) is 0 Å². The Balaban J connectivity index is 1.75. The standard InChI is InChI=1S/C19H31BN2O3/c1-18(2)19(3,4)25-20(24-18)16-7-8-17(23)15(13-16)14-22-10-6-9-21(5)11-12-22/h7-8,13,23H,6,9-12,14H2,1-5H3. The zero-order valence-corrected chi connectivity index (χ0v) is 16.2. The monoisotopic (exact) mass is 346 g/mol. The molecule has 2 heterocycles. The molecule has 138 valence electrons. The molecule has 0 bridgehead atoms. The number of aromatic hydroxyl groups is 1. The molecule has 2 aliphatic heterocycles. The lowest BCUT2D eigenvalue weighted by Gasteiger charge is -2.32. The van der Waals surface area contributed by atoms with E-state index >= 15 is 0 Å². The van der Waals surface area contributed by atoms with Crippen LogP contribution in [0.25, 0.3) is 0 Å². The van der Waals surface area contributed by atoms with Crippen LogP contribution in [0.2, 0.25) is 0 Å². The van der Waals surface area contributed by atoms with Crippen LogP contribution in [0.15, 0.2) is 18.2 Å². The van der Waals surface area contributed by atoms with E-state index in [0.717, 1.165) is 50.2 Å². The topological polar surface area (TPSA) is 45.2 Å². The third-order valence-electron chi connectivity index (χ3n) is 5.84. The van der Waals surface area contributed by atoms with E-state index in [1.54, 1.807) is 6.07 Å². The van der Waals surface area contributed by atoms with Crippen LogP contribution in [0.4, 0.5) is 0 Å². The molecule has 6 heteroatoms. The maximum atomic E-state index is 10.3. The largest absolute Gasteiger partial charge is 0.508 e. The van der Waals surface area contributed by atoms with Gasteiger partial charge in [0.15, 0.2) is 0 Å². The molecule has 0 aliphatic carbocycles. The molecule has 3 rings (SSSR count). The van der Waals surface area contributed by atoms with E-state index < -0.39 is 0 Å². The van der Waals surface area contributed by atoms with Crippen molar-refractivity contribution >= 4 is 12.6 Å². The Morgan fingerprint density at radius 2 is 1.72 bits per heavy atom. The Morgan fingerprint density at radius 1 is 1.04 bits per heavy atom. The maximum Gasteiger partial charge on any atom is 0.494 e. The highest BCUT2D eigenvalue weighted by atomic mass is 16.7. The van der Waals surface area contributed by atoms with E-state index in [4.69, 9.17) is 9.31 Å². The van der Waals surface area contributed by atoms with Crippen molar-refractivity contribution in [2.24, 2.45) is 0 Å². The summed E-state index contributed by atoms with van der Waals surface area (Å²) in [5.74, 6) is 0.345. The van der Waals surface area contributed by atoms with Gasteiger partial charge in [0.1, 0.15) is 5.75 Å². The Morgan fingerprint density at radius 3 is 2.40 bits per heavy atom. The smallest absolute Gasteiger partial charge is 0.494 e. The van der Waals surface area contributed by atoms with Gasteiger partial charge in [-0.05, 0) is 65.8 Å². The van der Waals surface area contributed by atoms with Crippen LogP contribution in [-0.2, 0) is 15.9 Å². The SMILES string of the molecule is CN1CCCN(Cc2cc(B3OC(C)(C)C(C)(C)O3)ccc2O)CC1. The van der Waals surface area contributed by atoms with Gasteiger partial charge < -0.3 is 19.3 Å². The molecule has 0 unspecified atom stereocenters. The minimum Gasteiger partial charge on any atom is -0.508 e. The van der Waals surface area contributed by atoms with Crippen molar-refractivity contribution < 1.29 is 14.4 Å². The summed E-state index contributed by atoms with van der Waals surface area (Å²) in [4.78, 5) is 4.77. The fourth-order valence-electron chi connectivity index (χ4n) is 3.36. The van der Waals surface area contributed by atoms with Gasteiger partial charge in [-0.15, -0.1) is 0 Å². The molecule has 0 radical (unpaired) electrons. The summed E-state index contributed by atoms with van der Waals surface area (Å²) in [6, 6.07) is 5.70. The highest BCUT2D eigenvalue weighted by Crippen LogP contribution is 2.36. The summed E-state index contributed by atoms with van der Waals surface area (Å²) in [6.07, 6.45) is 1.16. The summed E-state index contributed by atoms with van der Waals surface area (Å²) < 4.78 is 12.3. The zero-order valence-electron chi connectivity index (χ0n) is 16.2. The molecule has 2 saturated heterocycles. The first kappa shape index (κ1) is 18.7. The number of phenols is 1. The van der Waals surface area contributed by atoms with Gasteiger partial charge in [-0.25, -0.2) is 0 Å². The quantitative estimate of drug-likeness (QED) is 0.846. The Bertz CT molecular complexity index is 605. The van der Waals surface area contributed by atoms with Gasteiger partial charge in [0, 0.05) is 25.2 Å². The van der Waals surface area contributed by atoms with Crippen molar-refractivity contribution in [1.82, 2.24) is 9.80 Å². The molecule has 0 spiro atoms. The minimum absolute atomic E-state index is 0.345. The number of hydrogen-bond acceptors (Lipinski definition) is 5. The van der Waals surface area contributed by atoms with Gasteiger partial charge in [-0.2, -0.15) is 0 Å². The van der Waals surface area contributed by atoms with Crippen molar-refractivity contribution in [3.8, 4) is 5.75 Å². The number of likely N-dealkylation sites (N-methyl/N-ethyl adjacent to an activating group) is 1. The average Bonchev–Trinajstić information content (AvgIpc) is 2.65.